The van der Waals surface area contributed by atoms with E-state index >= 15 is 0 Å². The van der Waals surface area contributed by atoms with Crippen molar-refractivity contribution in [2.45, 2.75) is 31.7 Å². The molecular weight excluding hydrogens is 216 g/mol. The lowest BCUT2D eigenvalue weighted by Crippen LogP contribution is -2.48. The van der Waals surface area contributed by atoms with Crippen molar-refractivity contribution in [3.8, 4) is 0 Å². The van der Waals surface area contributed by atoms with Crippen LogP contribution >= 0.6 is 11.3 Å². The Morgan fingerprint density at radius 2 is 2.50 bits per heavy atom. The van der Waals surface area contributed by atoms with Crippen LogP contribution in [0, 0.1) is 5.92 Å². The monoisotopic (exact) mass is 234 g/mol. The lowest BCUT2D eigenvalue weighted by atomic mass is 9.79. The third kappa shape index (κ3) is 1.72. The summed E-state index contributed by atoms with van der Waals surface area (Å²) in [6.45, 7) is 6.18. The Hall–Kier alpha value is -0.670. The molecule has 0 spiro atoms. The second-order valence-electron chi connectivity index (χ2n) is 4.88. The van der Waals surface area contributed by atoms with Crippen LogP contribution < -0.4 is 0 Å². The number of nitrogens with zero attached hydrogens (tertiary/aromatic N) is 2. The highest BCUT2D eigenvalue weighted by molar-refractivity contribution is 7.09. The first-order valence-corrected chi connectivity index (χ1v) is 7.02. The zero-order valence-corrected chi connectivity index (χ0v) is 10.4. The van der Waals surface area contributed by atoms with Crippen molar-refractivity contribution in [1.29, 1.82) is 0 Å². The van der Waals surface area contributed by atoms with E-state index in [0.29, 0.717) is 0 Å². The predicted octanol–water partition coefficient (Wildman–Crippen LogP) is 2.51. The molecule has 1 aromatic rings. The van der Waals surface area contributed by atoms with Crippen molar-refractivity contribution in [1.82, 2.24) is 9.88 Å². The fourth-order valence-electron chi connectivity index (χ4n) is 3.20. The maximum absolute atomic E-state index is 4.50. The fourth-order valence-corrected chi connectivity index (χ4v) is 4.05. The Labute approximate surface area is 101 Å². The summed E-state index contributed by atoms with van der Waals surface area (Å²) in [5, 5.41) is 0. The van der Waals surface area contributed by atoms with Crippen molar-refractivity contribution in [3.05, 3.63) is 28.7 Å². The first-order chi connectivity index (χ1) is 7.88. The third-order valence-corrected chi connectivity index (χ3v) is 4.87. The summed E-state index contributed by atoms with van der Waals surface area (Å²) in [6, 6.07) is 0.750. The van der Waals surface area contributed by atoms with Gasteiger partial charge in [0.15, 0.2) is 0 Å². The lowest BCUT2D eigenvalue weighted by molar-refractivity contribution is 0.0975. The molecule has 1 saturated heterocycles. The molecule has 0 amide bonds. The van der Waals surface area contributed by atoms with Crippen LogP contribution in [0.2, 0.25) is 0 Å². The highest BCUT2D eigenvalue weighted by atomic mass is 32.1. The fraction of sp³-hybridized carbons (Fsp3) is 0.615. The normalized spacial score (nSPS) is 29.5. The molecule has 16 heavy (non-hydrogen) atoms. The summed E-state index contributed by atoms with van der Waals surface area (Å²) in [4.78, 5) is 8.64. The highest BCUT2D eigenvalue weighted by Crippen LogP contribution is 2.35. The first-order valence-electron chi connectivity index (χ1n) is 6.14. The number of hydrogen-bond acceptors (Lipinski definition) is 3. The maximum atomic E-state index is 4.50. The summed E-state index contributed by atoms with van der Waals surface area (Å²) >= 11 is 1.84. The van der Waals surface area contributed by atoms with Gasteiger partial charge in [0.05, 0.1) is 11.2 Å². The van der Waals surface area contributed by atoms with Gasteiger partial charge in [-0.1, -0.05) is 6.08 Å². The smallest absolute Gasteiger partial charge is 0.0797 e. The van der Waals surface area contributed by atoms with Crippen LogP contribution in [-0.2, 0) is 12.8 Å². The van der Waals surface area contributed by atoms with Gasteiger partial charge in [-0.2, -0.15) is 0 Å². The standard InChI is InChI=1S/C13H18N2S/c1-2-5-15-6-3-4-10-7-11-13(8-12(10)15)16-9-14-11/h2,9-10,12H,1,3-8H2. The van der Waals surface area contributed by atoms with Crippen molar-refractivity contribution in [3.63, 3.8) is 0 Å². The van der Waals surface area contributed by atoms with E-state index in [0.717, 1.165) is 18.5 Å². The van der Waals surface area contributed by atoms with Gasteiger partial charge in [-0.15, -0.1) is 17.9 Å². The van der Waals surface area contributed by atoms with Crippen LogP contribution in [0.4, 0.5) is 0 Å². The summed E-state index contributed by atoms with van der Waals surface area (Å²) < 4.78 is 0. The van der Waals surface area contributed by atoms with Gasteiger partial charge in [-0.25, -0.2) is 4.98 Å². The Morgan fingerprint density at radius 1 is 1.56 bits per heavy atom. The number of thiazole rings is 1. The molecule has 86 valence electrons. The second-order valence-corrected chi connectivity index (χ2v) is 5.82. The zero-order valence-electron chi connectivity index (χ0n) is 9.56. The number of piperidine rings is 1. The van der Waals surface area contributed by atoms with E-state index < -0.39 is 0 Å². The topological polar surface area (TPSA) is 16.1 Å². The average molecular weight is 234 g/mol. The van der Waals surface area contributed by atoms with E-state index in [1.807, 2.05) is 22.9 Å². The molecule has 2 unspecified atom stereocenters. The maximum Gasteiger partial charge on any atom is 0.0797 e. The van der Waals surface area contributed by atoms with Crippen LogP contribution in [0.5, 0.6) is 0 Å². The van der Waals surface area contributed by atoms with Crippen LogP contribution in [0.3, 0.4) is 0 Å². The van der Waals surface area contributed by atoms with Crippen LogP contribution in [-0.4, -0.2) is 29.0 Å². The number of fused-ring (bicyclic) bond motifs is 2. The van der Waals surface area contributed by atoms with E-state index in [4.69, 9.17) is 0 Å². The van der Waals surface area contributed by atoms with Gasteiger partial charge in [0, 0.05) is 17.5 Å². The molecule has 3 heteroatoms. The zero-order chi connectivity index (χ0) is 11.0. The van der Waals surface area contributed by atoms with Gasteiger partial charge < -0.3 is 0 Å². The first kappa shape index (κ1) is 10.5. The Kier molecular flexibility index (Phi) is 2.82. The quantitative estimate of drug-likeness (QED) is 0.731. The number of rotatable bonds is 2. The molecule has 1 aromatic heterocycles. The summed E-state index contributed by atoms with van der Waals surface area (Å²) in [5.41, 5.74) is 3.39. The minimum Gasteiger partial charge on any atom is -0.296 e. The van der Waals surface area contributed by atoms with Crippen molar-refractivity contribution in [2.24, 2.45) is 5.92 Å². The number of likely N-dealkylation sites (tertiary alicyclic amines) is 1. The second kappa shape index (κ2) is 4.30. The molecule has 2 heterocycles. The largest absolute Gasteiger partial charge is 0.296 e. The van der Waals surface area contributed by atoms with Gasteiger partial charge in [-0.3, -0.25) is 4.90 Å². The van der Waals surface area contributed by atoms with Gasteiger partial charge in [-0.05, 0) is 38.1 Å². The molecule has 0 N–H and O–H groups in total. The molecule has 1 fully saturated rings. The molecule has 2 nitrogen and oxygen atoms in total. The Morgan fingerprint density at radius 3 is 3.38 bits per heavy atom. The minimum atomic E-state index is 0.750. The molecule has 0 bridgehead atoms. The van der Waals surface area contributed by atoms with Crippen molar-refractivity contribution >= 4 is 11.3 Å². The van der Waals surface area contributed by atoms with Crippen molar-refractivity contribution < 1.29 is 0 Å². The molecule has 1 aliphatic carbocycles. The molecule has 2 atom stereocenters. The Bertz CT molecular complexity index is 385. The van der Waals surface area contributed by atoms with E-state index in [9.17, 15) is 0 Å². The van der Waals surface area contributed by atoms with Crippen LogP contribution in [0.1, 0.15) is 23.4 Å². The Balaban J connectivity index is 1.84. The molecular formula is C13H18N2S. The summed E-state index contributed by atoms with van der Waals surface area (Å²) in [7, 11) is 0. The lowest BCUT2D eigenvalue weighted by Gasteiger charge is -2.43. The van der Waals surface area contributed by atoms with E-state index in [1.54, 1.807) is 0 Å². The summed E-state index contributed by atoms with van der Waals surface area (Å²) in [6.07, 6.45) is 7.20. The van der Waals surface area contributed by atoms with Crippen LogP contribution in [0.25, 0.3) is 0 Å². The van der Waals surface area contributed by atoms with Gasteiger partial charge in [0.25, 0.3) is 0 Å². The van der Waals surface area contributed by atoms with Crippen molar-refractivity contribution in [2.75, 3.05) is 13.1 Å². The summed E-state index contributed by atoms with van der Waals surface area (Å²) in [5.74, 6) is 0.836. The number of aromatic nitrogens is 1. The van der Waals surface area contributed by atoms with E-state index in [-0.39, 0.29) is 0 Å². The third-order valence-electron chi connectivity index (χ3n) is 3.97. The van der Waals surface area contributed by atoms with Gasteiger partial charge in [0.2, 0.25) is 0 Å². The average Bonchev–Trinajstić information content (AvgIpc) is 2.74. The van der Waals surface area contributed by atoms with E-state index in [2.05, 4.69) is 16.5 Å². The predicted molar refractivity (Wildman–Crippen MR) is 67.8 cm³/mol. The highest BCUT2D eigenvalue weighted by Gasteiger charge is 2.35. The molecule has 2 aliphatic rings. The van der Waals surface area contributed by atoms with Gasteiger partial charge >= 0.3 is 0 Å². The molecule has 3 rings (SSSR count). The molecule has 1 aliphatic heterocycles. The van der Waals surface area contributed by atoms with Crippen LogP contribution in [0.15, 0.2) is 18.2 Å². The van der Waals surface area contributed by atoms with Gasteiger partial charge in [0.1, 0.15) is 0 Å². The molecule has 0 saturated carbocycles. The molecule has 0 aromatic carbocycles. The molecule has 0 radical (unpaired) electrons. The van der Waals surface area contributed by atoms with E-state index in [1.165, 1.54) is 42.8 Å². The SMILES string of the molecule is C=CCN1CCCC2Cc3ncsc3CC21. The minimum absolute atomic E-state index is 0.750. The number of hydrogen-bond donors (Lipinski definition) is 0.